The molecule has 11 heteroatoms. The van der Waals surface area contributed by atoms with Gasteiger partial charge >= 0.3 is 0 Å². The first kappa shape index (κ1) is 39.1. The van der Waals surface area contributed by atoms with Crippen LogP contribution < -0.4 is 0 Å². The van der Waals surface area contributed by atoms with E-state index in [1.54, 1.807) is 0 Å². The Morgan fingerprint density at radius 1 is 0.453 bits per heavy atom. The van der Waals surface area contributed by atoms with Crippen LogP contribution in [0.15, 0.2) is 121 Å². The molecule has 0 bridgehead atoms. The van der Waals surface area contributed by atoms with Gasteiger partial charge in [-0.1, -0.05) is 121 Å². The molecule has 0 aromatic heterocycles. The number of aliphatic hydroxyl groups is 2. The number of hydrogen-bond donors (Lipinski definition) is 2. The Morgan fingerprint density at radius 3 is 1.40 bits per heavy atom. The molecule has 2 saturated heterocycles. The second-order valence-electron chi connectivity index (χ2n) is 13.1. The van der Waals surface area contributed by atoms with Gasteiger partial charge in [0.1, 0.15) is 48.8 Å². The van der Waals surface area contributed by atoms with Gasteiger partial charge in [-0.2, -0.15) is 0 Å². The lowest BCUT2D eigenvalue weighted by Gasteiger charge is -2.46. The van der Waals surface area contributed by atoms with Crippen LogP contribution in [0.25, 0.3) is 0 Å². The summed E-state index contributed by atoms with van der Waals surface area (Å²) in [5, 5.41) is 21.9. The van der Waals surface area contributed by atoms with Crippen LogP contribution in [0, 0.1) is 0 Å². The quantitative estimate of drug-likeness (QED) is 0.147. The van der Waals surface area contributed by atoms with Crippen LogP contribution in [0.2, 0.25) is 0 Å². The summed E-state index contributed by atoms with van der Waals surface area (Å²) in [5.74, 6) is 0. The Kier molecular flexibility index (Phi) is 14.9. The van der Waals surface area contributed by atoms with Crippen molar-refractivity contribution in [1.29, 1.82) is 0 Å². The van der Waals surface area contributed by atoms with Crippen molar-refractivity contribution in [2.45, 2.75) is 87.8 Å². The smallest absolute Gasteiger partial charge is 0.187 e. The van der Waals surface area contributed by atoms with Crippen molar-refractivity contribution in [2.24, 2.45) is 0 Å². The van der Waals surface area contributed by atoms with E-state index in [2.05, 4.69) is 0 Å². The van der Waals surface area contributed by atoms with Crippen LogP contribution in [0.3, 0.4) is 0 Å². The molecule has 0 saturated carbocycles. The number of rotatable bonds is 18. The van der Waals surface area contributed by atoms with Gasteiger partial charge in [-0.25, -0.2) is 0 Å². The van der Waals surface area contributed by atoms with Gasteiger partial charge in [-0.3, -0.25) is 0 Å². The normalized spacial score (nSPS) is 28.8. The molecule has 4 aromatic carbocycles. The number of aliphatic hydroxyl groups excluding tert-OH is 2. The first-order valence-electron chi connectivity index (χ1n) is 18.0. The summed E-state index contributed by atoms with van der Waals surface area (Å²) >= 11 is 0. The van der Waals surface area contributed by atoms with Crippen molar-refractivity contribution in [2.75, 3.05) is 27.4 Å². The highest BCUT2D eigenvalue weighted by Crippen LogP contribution is 2.33. The van der Waals surface area contributed by atoms with Crippen LogP contribution in [-0.2, 0) is 69.1 Å². The lowest BCUT2D eigenvalue weighted by atomic mass is 9.97. The summed E-state index contributed by atoms with van der Waals surface area (Å²) < 4.78 is 56.2. The van der Waals surface area contributed by atoms with Crippen molar-refractivity contribution in [3.8, 4) is 0 Å². The average molecular weight is 731 g/mol. The van der Waals surface area contributed by atoms with E-state index in [-0.39, 0.29) is 26.4 Å². The standard InChI is InChI=1S/C42H50O11/c1-45-37-35(43)33(52-41(44)39(37)46-2)28-51-42-40(50-26-32-21-13-6-14-22-32)38(49-25-31-19-11-5-12-20-31)36(48-24-30-17-9-4-10-18-30)34(53-42)27-47-23-29-15-7-3-8-16-29/h3-22,33-44H,23-28H2,1-2H3/t33-,34-,35-,36+,37+,38+,39-,40-,41+,42-/m1/s1. The zero-order valence-electron chi connectivity index (χ0n) is 30.1. The van der Waals surface area contributed by atoms with Gasteiger partial charge in [-0.15, -0.1) is 0 Å². The molecule has 0 radical (unpaired) electrons. The van der Waals surface area contributed by atoms with Crippen LogP contribution in [0.1, 0.15) is 22.3 Å². The zero-order chi connectivity index (χ0) is 36.8. The molecule has 0 aliphatic carbocycles. The molecule has 0 spiro atoms. The van der Waals surface area contributed by atoms with Crippen LogP contribution in [0.4, 0.5) is 0 Å². The Morgan fingerprint density at radius 2 is 0.906 bits per heavy atom. The average Bonchev–Trinajstić information content (AvgIpc) is 3.20. The fourth-order valence-corrected chi connectivity index (χ4v) is 6.64. The van der Waals surface area contributed by atoms with Crippen molar-refractivity contribution in [1.82, 2.24) is 0 Å². The van der Waals surface area contributed by atoms with Gasteiger partial charge in [0.2, 0.25) is 0 Å². The molecule has 2 heterocycles. The minimum Gasteiger partial charge on any atom is -0.387 e. The van der Waals surface area contributed by atoms with Gasteiger partial charge in [0.05, 0.1) is 39.6 Å². The Labute approximate surface area is 311 Å². The maximum atomic E-state index is 11.2. The van der Waals surface area contributed by atoms with E-state index in [1.165, 1.54) is 14.2 Å². The fourth-order valence-electron chi connectivity index (χ4n) is 6.64. The molecule has 10 atom stereocenters. The zero-order valence-corrected chi connectivity index (χ0v) is 30.1. The fraction of sp³-hybridized carbons (Fsp3) is 0.429. The second-order valence-corrected chi connectivity index (χ2v) is 13.1. The molecule has 11 nitrogen and oxygen atoms in total. The maximum absolute atomic E-state index is 11.2. The summed E-state index contributed by atoms with van der Waals surface area (Å²) in [7, 11) is 2.86. The molecule has 2 fully saturated rings. The third-order valence-corrected chi connectivity index (χ3v) is 9.45. The summed E-state index contributed by atoms with van der Waals surface area (Å²) in [6.45, 7) is 1.17. The van der Waals surface area contributed by atoms with E-state index in [0.29, 0.717) is 13.2 Å². The summed E-state index contributed by atoms with van der Waals surface area (Å²) in [5.41, 5.74) is 3.93. The molecule has 53 heavy (non-hydrogen) atoms. The van der Waals surface area contributed by atoms with E-state index in [0.717, 1.165) is 22.3 Å². The van der Waals surface area contributed by atoms with E-state index in [1.807, 2.05) is 121 Å². The molecule has 4 aromatic rings. The Bertz CT molecular complexity index is 1580. The minimum absolute atomic E-state index is 0.160. The van der Waals surface area contributed by atoms with Gasteiger partial charge < -0.3 is 52.8 Å². The third-order valence-electron chi connectivity index (χ3n) is 9.45. The van der Waals surface area contributed by atoms with Crippen LogP contribution >= 0.6 is 0 Å². The molecule has 2 N–H and O–H groups in total. The van der Waals surface area contributed by atoms with Crippen molar-refractivity contribution < 1.29 is 52.8 Å². The predicted molar refractivity (Wildman–Crippen MR) is 194 cm³/mol. The van der Waals surface area contributed by atoms with Gasteiger partial charge in [0.15, 0.2) is 12.6 Å². The second kappa shape index (κ2) is 20.2. The predicted octanol–water partition coefficient (Wildman–Crippen LogP) is 4.81. The van der Waals surface area contributed by atoms with Crippen molar-refractivity contribution in [3.63, 3.8) is 0 Å². The Hall–Kier alpha value is -3.56. The molecule has 284 valence electrons. The number of benzene rings is 4. The summed E-state index contributed by atoms with van der Waals surface area (Å²) in [6, 6.07) is 39.5. The van der Waals surface area contributed by atoms with E-state index in [4.69, 9.17) is 42.6 Å². The molecular formula is C42H50O11. The number of hydrogen-bond acceptors (Lipinski definition) is 11. The molecule has 2 aliphatic heterocycles. The highest BCUT2D eigenvalue weighted by molar-refractivity contribution is 5.16. The monoisotopic (exact) mass is 730 g/mol. The maximum Gasteiger partial charge on any atom is 0.187 e. The van der Waals surface area contributed by atoms with Crippen molar-refractivity contribution in [3.05, 3.63) is 144 Å². The molecule has 0 amide bonds. The third kappa shape index (κ3) is 10.8. The summed E-state index contributed by atoms with van der Waals surface area (Å²) in [4.78, 5) is 0. The van der Waals surface area contributed by atoms with E-state index < -0.39 is 61.4 Å². The van der Waals surface area contributed by atoms with Crippen LogP contribution in [0.5, 0.6) is 0 Å². The highest BCUT2D eigenvalue weighted by Gasteiger charge is 2.51. The minimum atomic E-state index is -1.35. The largest absolute Gasteiger partial charge is 0.387 e. The SMILES string of the molecule is CO[C@@H]1[C@@H](OC)[C@H](O)[C@@H](CO[C@@H]2O[C@H](COCc3ccccc3)[C@H](OCc3ccccc3)[C@H](OCc3ccccc3)[C@H]2OCc2ccccc2)O[C@@H]1O. The molecule has 0 unspecified atom stereocenters. The number of methoxy groups -OCH3 is 2. The van der Waals surface area contributed by atoms with Gasteiger partial charge in [0, 0.05) is 14.2 Å². The van der Waals surface area contributed by atoms with Crippen molar-refractivity contribution >= 4 is 0 Å². The first-order chi connectivity index (χ1) is 26.0. The van der Waals surface area contributed by atoms with Gasteiger partial charge in [0.25, 0.3) is 0 Å². The summed E-state index contributed by atoms with van der Waals surface area (Å²) in [6.07, 6.45) is -9.05. The molecular weight excluding hydrogens is 680 g/mol. The lowest BCUT2D eigenvalue weighted by molar-refractivity contribution is -0.344. The molecule has 6 rings (SSSR count). The van der Waals surface area contributed by atoms with Crippen LogP contribution in [-0.4, -0.2) is 99.1 Å². The lowest BCUT2D eigenvalue weighted by Crippen LogP contribution is -2.63. The first-order valence-corrected chi connectivity index (χ1v) is 18.0. The van der Waals surface area contributed by atoms with E-state index in [9.17, 15) is 10.2 Å². The highest BCUT2D eigenvalue weighted by atomic mass is 16.7. The topological polar surface area (TPSA) is 124 Å². The Balaban J connectivity index is 1.30. The molecule has 2 aliphatic rings. The van der Waals surface area contributed by atoms with Gasteiger partial charge in [-0.05, 0) is 22.3 Å². The number of ether oxygens (including phenoxy) is 9. The van der Waals surface area contributed by atoms with E-state index >= 15 is 0 Å².